The van der Waals surface area contributed by atoms with Crippen molar-refractivity contribution in [1.82, 2.24) is 30.2 Å². The number of carbonyl (C=O) groups is 1. The smallest absolute Gasteiger partial charge is 0.251 e. The molecular formula is C23H26N6O2. The van der Waals surface area contributed by atoms with Crippen LogP contribution in [0.1, 0.15) is 46.3 Å². The van der Waals surface area contributed by atoms with E-state index in [2.05, 4.69) is 37.6 Å². The van der Waals surface area contributed by atoms with Gasteiger partial charge in [-0.3, -0.25) is 14.7 Å². The molecule has 8 nitrogen and oxygen atoms in total. The Kier molecular flexibility index (Phi) is 5.73. The van der Waals surface area contributed by atoms with Gasteiger partial charge < -0.3 is 10.1 Å². The molecule has 5 rings (SSSR count). The summed E-state index contributed by atoms with van der Waals surface area (Å²) < 4.78 is 8.09. The zero-order valence-corrected chi connectivity index (χ0v) is 17.4. The number of fused-ring (bicyclic) bond motifs is 1. The second-order valence-corrected chi connectivity index (χ2v) is 8.14. The van der Waals surface area contributed by atoms with Gasteiger partial charge in [-0.1, -0.05) is 35.5 Å². The van der Waals surface area contributed by atoms with E-state index in [4.69, 9.17) is 4.74 Å². The number of carbonyl (C=O) groups excluding carboxylic acids is 1. The monoisotopic (exact) mass is 418 g/mol. The third-order valence-corrected chi connectivity index (χ3v) is 6.09. The lowest BCUT2D eigenvalue weighted by atomic mass is 10.0. The van der Waals surface area contributed by atoms with Crippen molar-refractivity contribution in [2.75, 3.05) is 13.1 Å². The van der Waals surface area contributed by atoms with Gasteiger partial charge >= 0.3 is 0 Å². The normalized spacial score (nSPS) is 19.7. The molecule has 1 aromatic carbocycles. The molecule has 8 heteroatoms. The maximum absolute atomic E-state index is 12.4. The number of rotatable bonds is 5. The molecule has 4 heterocycles. The van der Waals surface area contributed by atoms with Crippen molar-refractivity contribution in [3.05, 3.63) is 77.4 Å². The largest absolute Gasteiger partial charge is 0.365 e. The van der Waals surface area contributed by atoms with Crippen molar-refractivity contribution < 1.29 is 9.53 Å². The Morgan fingerprint density at radius 3 is 2.65 bits per heavy atom. The quantitative estimate of drug-likeness (QED) is 0.685. The number of aromatic nitrogens is 4. The molecule has 0 radical (unpaired) electrons. The lowest BCUT2D eigenvalue weighted by Crippen LogP contribution is -2.44. The fourth-order valence-corrected chi connectivity index (χ4v) is 4.27. The fourth-order valence-electron chi connectivity index (χ4n) is 4.27. The summed E-state index contributed by atoms with van der Waals surface area (Å²) in [5, 5.41) is 12.0. The highest BCUT2D eigenvalue weighted by Crippen LogP contribution is 2.27. The summed E-state index contributed by atoms with van der Waals surface area (Å²) in [6.45, 7) is 3.82. The van der Waals surface area contributed by atoms with Gasteiger partial charge in [0.05, 0.1) is 18.8 Å². The molecule has 0 aliphatic carbocycles. The van der Waals surface area contributed by atoms with Crippen LogP contribution in [-0.2, 0) is 24.4 Å². The second-order valence-electron chi connectivity index (χ2n) is 8.14. The molecule has 0 bridgehead atoms. The second kappa shape index (κ2) is 8.95. The average Bonchev–Trinajstić information content (AvgIpc) is 3.23. The van der Waals surface area contributed by atoms with Crippen LogP contribution in [0.3, 0.4) is 0 Å². The highest BCUT2D eigenvalue weighted by atomic mass is 16.5. The number of nitrogens with one attached hydrogen (secondary N) is 1. The number of amides is 1. The Morgan fingerprint density at radius 1 is 1.10 bits per heavy atom. The van der Waals surface area contributed by atoms with Crippen LogP contribution in [0.4, 0.5) is 0 Å². The van der Waals surface area contributed by atoms with E-state index in [1.165, 1.54) is 5.56 Å². The molecule has 3 aromatic rings. The number of nitrogens with zero attached hydrogens (tertiary/aromatic N) is 5. The lowest BCUT2D eigenvalue weighted by Gasteiger charge is -2.32. The molecule has 31 heavy (non-hydrogen) atoms. The van der Waals surface area contributed by atoms with E-state index in [1.54, 1.807) is 24.5 Å². The number of ether oxygens (including phenoxy) is 1. The van der Waals surface area contributed by atoms with Gasteiger partial charge in [0.1, 0.15) is 11.8 Å². The third kappa shape index (κ3) is 4.50. The molecule has 1 amide bonds. The maximum Gasteiger partial charge on any atom is 0.251 e. The predicted molar refractivity (Wildman–Crippen MR) is 114 cm³/mol. The Bertz CT molecular complexity index is 1020. The minimum absolute atomic E-state index is 0.0167. The van der Waals surface area contributed by atoms with E-state index in [1.807, 2.05) is 22.9 Å². The first kappa shape index (κ1) is 19.8. The highest BCUT2D eigenvalue weighted by Gasteiger charge is 2.27. The van der Waals surface area contributed by atoms with E-state index in [9.17, 15) is 4.79 Å². The zero-order valence-electron chi connectivity index (χ0n) is 17.4. The van der Waals surface area contributed by atoms with Gasteiger partial charge in [0.15, 0.2) is 0 Å². The fraction of sp³-hybridized carbons (Fsp3) is 0.391. The van der Waals surface area contributed by atoms with Crippen molar-refractivity contribution in [2.45, 2.75) is 44.7 Å². The number of piperidine rings is 1. The predicted octanol–water partition coefficient (Wildman–Crippen LogP) is 2.34. The maximum atomic E-state index is 12.4. The number of hydrogen-bond donors (Lipinski definition) is 1. The molecular weight excluding hydrogens is 392 g/mol. The Morgan fingerprint density at radius 2 is 1.87 bits per heavy atom. The van der Waals surface area contributed by atoms with Gasteiger partial charge in [-0.15, -0.1) is 5.10 Å². The van der Waals surface area contributed by atoms with Crippen LogP contribution in [0.5, 0.6) is 0 Å². The van der Waals surface area contributed by atoms with Crippen LogP contribution >= 0.6 is 0 Å². The van der Waals surface area contributed by atoms with E-state index < -0.39 is 0 Å². The zero-order chi connectivity index (χ0) is 21.0. The molecule has 1 fully saturated rings. The molecule has 2 aliphatic heterocycles. The molecule has 2 aromatic heterocycles. The summed E-state index contributed by atoms with van der Waals surface area (Å²) in [6.07, 6.45) is 5.15. The van der Waals surface area contributed by atoms with Gasteiger partial charge in [0, 0.05) is 43.6 Å². The molecule has 2 aliphatic rings. The number of pyridine rings is 1. The number of likely N-dealkylation sites (tertiary alicyclic amines) is 1. The number of benzene rings is 1. The van der Waals surface area contributed by atoms with E-state index in [-0.39, 0.29) is 18.1 Å². The van der Waals surface area contributed by atoms with Gasteiger partial charge in [-0.2, -0.15) is 0 Å². The van der Waals surface area contributed by atoms with Crippen molar-refractivity contribution in [3.63, 3.8) is 0 Å². The Balaban J connectivity index is 1.14. The first-order chi connectivity index (χ1) is 15.3. The molecule has 160 valence electrons. The first-order valence-corrected chi connectivity index (χ1v) is 10.8. The van der Waals surface area contributed by atoms with Crippen LogP contribution < -0.4 is 5.32 Å². The summed E-state index contributed by atoms with van der Waals surface area (Å²) >= 11 is 0. The molecule has 1 saturated heterocycles. The summed E-state index contributed by atoms with van der Waals surface area (Å²) in [4.78, 5) is 18.7. The van der Waals surface area contributed by atoms with E-state index in [0.29, 0.717) is 18.7 Å². The van der Waals surface area contributed by atoms with Gasteiger partial charge in [-0.25, -0.2) is 4.68 Å². The Hall–Kier alpha value is -3.10. The number of hydrogen-bond acceptors (Lipinski definition) is 6. The minimum Gasteiger partial charge on any atom is -0.365 e. The molecule has 1 atom stereocenters. The van der Waals surface area contributed by atoms with Crippen molar-refractivity contribution >= 4 is 5.91 Å². The molecule has 1 N–H and O–H groups in total. The average molecular weight is 419 g/mol. The van der Waals surface area contributed by atoms with E-state index >= 15 is 0 Å². The SMILES string of the molecule is O=C(NC1CCN(Cc2nnn3c2COC(c2ccccc2)C3)CC1)c1ccncc1. The van der Waals surface area contributed by atoms with Gasteiger partial charge in [0.2, 0.25) is 0 Å². The van der Waals surface area contributed by atoms with Crippen molar-refractivity contribution in [1.29, 1.82) is 0 Å². The first-order valence-electron chi connectivity index (χ1n) is 10.8. The van der Waals surface area contributed by atoms with Crippen molar-refractivity contribution in [3.8, 4) is 0 Å². The van der Waals surface area contributed by atoms with E-state index in [0.717, 1.165) is 43.9 Å². The summed E-state index contributed by atoms with van der Waals surface area (Å²) in [5.74, 6) is -0.0293. The summed E-state index contributed by atoms with van der Waals surface area (Å²) in [7, 11) is 0. The minimum atomic E-state index is -0.0293. The summed E-state index contributed by atoms with van der Waals surface area (Å²) in [5.41, 5.74) is 3.88. The van der Waals surface area contributed by atoms with Crippen LogP contribution in [0.25, 0.3) is 0 Å². The Labute approximate surface area is 181 Å². The topological polar surface area (TPSA) is 85.2 Å². The van der Waals surface area contributed by atoms with Crippen LogP contribution in [0.2, 0.25) is 0 Å². The van der Waals surface area contributed by atoms with Gasteiger partial charge in [-0.05, 0) is 30.5 Å². The van der Waals surface area contributed by atoms with Crippen LogP contribution in [0, 0.1) is 0 Å². The third-order valence-electron chi connectivity index (χ3n) is 6.09. The molecule has 0 spiro atoms. The lowest BCUT2D eigenvalue weighted by molar-refractivity contribution is -0.00216. The standard InChI is InChI=1S/C23H26N6O2/c30-23(18-6-10-24-11-7-18)25-19-8-12-28(13-9-19)14-20-21-16-31-22(15-29(21)27-26-20)17-4-2-1-3-5-17/h1-7,10-11,19,22H,8-9,12-16H2,(H,25,30). The summed E-state index contributed by atoms with van der Waals surface area (Å²) in [6, 6.07) is 13.9. The highest BCUT2D eigenvalue weighted by molar-refractivity contribution is 5.94. The molecule has 0 saturated carbocycles. The van der Waals surface area contributed by atoms with Gasteiger partial charge in [0.25, 0.3) is 5.91 Å². The van der Waals surface area contributed by atoms with Crippen LogP contribution in [-0.4, -0.2) is 49.9 Å². The van der Waals surface area contributed by atoms with Crippen LogP contribution in [0.15, 0.2) is 54.9 Å². The van der Waals surface area contributed by atoms with Crippen molar-refractivity contribution in [2.24, 2.45) is 0 Å². The molecule has 1 unspecified atom stereocenters.